The van der Waals surface area contributed by atoms with Gasteiger partial charge in [0.1, 0.15) is 0 Å². The third-order valence-corrected chi connectivity index (χ3v) is 3.70. The van der Waals surface area contributed by atoms with Crippen molar-refractivity contribution in [2.24, 2.45) is 0 Å². The van der Waals surface area contributed by atoms with E-state index in [-0.39, 0.29) is 18.2 Å². The predicted octanol–water partition coefficient (Wildman–Crippen LogP) is 1.73. The SMILES string of the molecule is O=C(OCC(=O)N1CCCCC1)c1n[nH]c2ccccc12. The maximum Gasteiger partial charge on any atom is 0.359 e. The molecule has 0 bridgehead atoms. The van der Waals surface area contributed by atoms with E-state index in [1.165, 1.54) is 0 Å². The summed E-state index contributed by atoms with van der Waals surface area (Å²) in [5.74, 6) is -0.708. The molecular weight excluding hydrogens is 270 g/mol. The van der Waals surface area contributed by atoms with E-state index in [0.29, 0.717) is 5.39 Å². The van der Waals surface area contributed by atoms with Gasteiger partial charge in [-0.1, -0.05) is 18.2 Å². The van der Waals surface area contributed by atoms with Gasteiger partial charge in [0, 0.05) is 18.5 Å². The highest BCUT2D eigenvalue weighted by Crippen LogP contribution is 2.16. The number of carbonyl (C=O) groups is 2. The Hall–Kier alpha value is -2.37. The van der Waals surface area contributed by atoms with Gasteiger partial charge in [-0.3, -0.25) is 9.89 Å². The van der Waals surface area contributed by atoms with Crippen LogP contribution in [0.3, 0.4) is 0 Å². The number of H-pyrrole nitrogens is 1. The fraction of sp³-hybridized carbons (Fsp3) is 0.400. The summed E-state index contributed by atoms with van der Waals surface area (Å²) in [5.41, 5.74) is 0.990. The monoisotopic (exact) mass is 287 g/mol. The quantitative estimate of drug-likeness (QED) is 0.872. The topological polar surface area (TPSA) is 75.3 Å². The Morgan fingerprint density at radius 2 is 1.95 bits per heavy atom. The van der Waals surface area contributed by atoms with E-state index >= 15 is 0 Å². The van der Waals surface area contributed by atoms with E-state index in [9.17, 15) is 9.59 Å². The van der Waals surface area contributed by atoms with Crippen LogP contribution in [0.1, 0.15) is 29.8 Å². The molecule has 6 nitrogen and oxygen atoms in total. The molecule has 1 aliphatic heterocycles. The van der Waals surface area contributed by atoms with Crippen molar-refractivity contribution in [2.45, 2.75) is 19.3 Å². The molecule has 0 spiro atoms. The Labute approximate surface area is 122 Å². The lowest BCUT2D eigenvalue weighted by Gasteiger charge is -2.26. The largest absolute Gasteiger partial charge is 0.451 e. The van der Waals surface area contributed by atoms with Crippen molar-refractivity contribution < 1.29 is 14.3 Å². The highest BCUT2D eigenvalue weighted by molar-refractivity contribution is 6.02. The second kappa shape index (κ2) is 5.95. The molecule has 0 aliphatic carbocycles. The zero-order valence-electron chi connectivity index (χ0n) is 11.7. The first-order valence-corrected chi connectivity index (χ1v) is 7.14. The number of carbonyl (C=O) groups excluding carboxylic acids is 2. The van der Waals surface area contributed by atoms with Gasteiger partial charge in [-0.15, -0.1) is 0 Å². The number of ether oxygens (including phenoxy) is 1. The van der Waals surface area contributed by atoms with Crippen molar-refractivity contribution in [3.8, 4) is 0 Å². The normalized spacial score (nSPS) is 15.1. The standard InChI is InChI=1S/C15H17N3O3/c19-13(18-8-4-1-5-9-18)10-21-15(20)14-11-6-2-3-7-12(11)16-17-14/h2-3,6-7H,1,4-5,8-10H2,(H,16,17). The predicted molar refractivity (Wildman–Crippen MR) is 76.8 cm³/mol. The Kier molecular flexibility index (Phi) is 3.85. The Balaban J connectivity index is 1.62. The summed E-state index contributed by atoms with van der Waals surface area (Å²) >= 11 is 0. The fourth-order valence-corrected chi connectivity index (χ4v) is 2.55. The molecular formula is C15H17N3O3. The number of esters is 1. The second-order valence-corrected chi connectivity index (χ2v) is 5.14. The van der Waals surface area contributed by atoms with Crippen LogP contribution in [0.4, 0.5) is 0 Å². The van der Waals surface area contributed by atoms with Crippen molar-refractivity contribution in [1.82, 2.24) is 15.1 Å². The number of nitrogens with one attached hydrogen (secondary N) is 1. The first-order chi connectivity index (χ1) is 10.3. The molecule has 21 heavy (non-hydrogen) atoms. The number of aromatic nitrogens is 2. The number of fused-ring (bicyclic) bond motifs is 1. The van der Waals surface area contributed by atoms with E-state index in [2.05, 4.69) is 10.2 Å². The number of para-hydroxylation sites is 1. The number of rotatable bonds is 3. The zero-order chi connectivity index (χ0) is 14.7. The highest BCUT2D eigenvalue weighted by atomic mass is 16.5. The molecule has 1 aliphatic rings. The molecule has 0 saturated carbocycles. The zero-order valence-corrected chi connectivity index (χ0v) is 11.7. The van der Waals surface area contributed by atoms with E-state index in [1.54, 1.807) is 11.0 Å². The van der Waals surface area contributed by atoms with E-state index in [1.807, 2.05) is 18.2 Å². The van der Waals surface area contributed by atoms with Crippen molar-refractivity contribution in [1.29, 1.82) is 0 Å². The lowest BCUT2D eigenvalue weighted by molar-refractivity contribution is -0.135. The third kappa shape index (κ3) is 2.89. The molecule has 6 heteroatoms. The van der Waals surface area contributed by atoms with Crippen LogP contribution in [-0.2, 0) is 9.53 Å². The first-order valence-electron chi connectivity index (χ1n) is 7.14. The number of nitrogens with zero attached hydrogens (tertiary/aromatic N) is 2. The smallest absolute Gasteiger partial charge is 0.359 e. The van der Waals surface area contributed by atoms with Gasteiger partial charge in [0.15, 0.2) is 12.3 Å². The fourth-order valence-electron chi connectivity index (χ4n) is 2.55. The molecule has 2 aromatic rings. The molecule has 1 aromatic heterocycles. The van der Waals surface area contributed by atoms with Crippen LogP contribution in [0.2, 0.25) is 0 Å². The second-order valence-electron chi connectivity index (χ2n) is 5.14. The van der Waals surface area contributed by atoms with Gasteiger partial charge in [-0.05, 0) is 25.3 Å². The molecule has 110 valence electrons. The molecule has 1 fully saturated rings. The summed E-state index contributed by atoms with van der Waals surface area (Å²) < 4.78 is 5.10. The number of hydrogen-bond donors (Lipinski definition) is 1. The Bertz CT molecular complexity index is 659. The molecule has 0 atom stereocenters. The van der Waals surface area contributed by atoms with Gasteiger partial charge in [0.25, 0.3) is 5.91 Å². The van der Waals surface area contributed by atoms with Crippen LogP contribution in [0.5, 0.6) is 0 Å². The number of amides is 1. The van der Waals surface area contributed by atoms with Gasteiger partial charge < -0.3 is 9.64 Å². The Morgan fingerprint density at radius 1 is 1.19 bits per heavy atom. The molecule has 0 unspecified atom stereocenters. The number of piperidine rings is 1. The molecule has 0 radical (unpaired) electrons. The summed E-state index contributed by atoms with van der Waals surface area (Å²) in [5, 5.41) is 7.44. The van der Waals surface area contributed by atoms with Gasteiger partial charge in [-0.2, -0.15) is 5.10 Å². The van der Waals surface area contributed by atoms with Crippen molar-refractivity contribution in [3.05, 3.63) is 30.0 Å². The molecule has 1 aromatic carbocycles. The molecule has 1 amide bonds. The average Bonchev–Trinajstić information content (AvgIpc) is 2.97. The van der Waals surface area contributed by atoms with Crippen LogP contribution >= 0.6 is 0 Å². The molecule has 1 saturated heterocycles. The molecule has 1 N–H and O–H groups in total. The minimum Gasteiger partial charge on any atom is -0.451 e. The summed E-state index contributed by atoms with van der Waals surface area (Å²) in [6.45, 7) is 1.28. The van der Waals surface area contributed by atoms with Crippen LogP contribution in [0, 0.1) is 0 Å². The van der Waals surface area contributed by atoms with E-state index < -0.39 is 5.97 Å². The first kappa shape index (κ1) is 13.6. The van der Waals surface area contributed by atoms with Crippen molar-refractivity contribution in [3.63, 3.8) is 0 Å². The minimum absolute atomic E-state index is 0.136. The highest BCUT2D eigenvalue weighted by Gasteiger charge is 2.20. The summed E-state index contributed by atoms with van der Waals surface area (Å²) in [7, 11) is 0. The van der Waals surface area contributed by atoms with Crippen LogP contribution < -0.4 is 0 Å². The number of likely N-dealkylation sites (tertiary alicyclic amines) is 1. The third-order valence-electron chi connectivity index (χ3n) is 3.70. The lowest BCUT2D eigenvalue weighted by Crippen LogP contribution is -2.38. The van der Waals surface area contributed by atoms with Gasteiger partial charge >= 0.3 is 5.97 Å². The minimum atomic E-state index is -0.571. The number of aromatic amines is 1. The summed E-state index contributed by atoms with van der Waals surface area (Å²) in [4.78, 5) is 25.7. The summed E-state index contributed by atoms with van der Waals surface area (Å²) in [6.07, 6.45) is 3.19. The lowest BCUT2D eigenvalue weighted by atomic mass is 10.1. The van der Waals surface area contributed by atoms with Crippen LogP contribution in [-0.4, -0.2) is 46.7 Å². The van der Waals surface area contributed by atoms with Gasteiger partial charge in [-0.25, -0.2) is 4.79 Å². The van der Waals surface area contributed by atoms with Crippen molar-refractivity contribution in [2.75, 3.05) is 19.7 Å². The van der Waals surface area contributed by atoms with E-state index in [4.69, 9.17) is 4.74 Å². The average molecular weight is 287 g/mol. The van der Waals surface area contributed by atoms with Gasteiger partial charge in [0.05, 0.1) is 5.52 Å². The van der Waals surface area contributed by atoms with Crippen molar-refractivity contribution >= 4 is 22.8 Å². The van der Waals surface area contributed by atoms with Crippen LogP contribution in [0.15, 0.2) is 24.3 Å². The maximum atomic E-state index is 12.0. The summed E-state index contributed by atoms with van der Waals surface area (Å²) in [6, 6.07) is 7.31. The van der Waals surface area contributed by atoms with E-state index in [0.717, 1.165) is 37.9 Å². The molecule has 3 rings (SSSR count). The molecule has 2 heterocycles. The van der Waals surface area contributed by atoms with Crippen LogP contribution in [0.25, 0.3) is 10.9 Å². The number of hydrogen-bond acceptors (Lipinski definition) is 4. The number of benzene rings is 1. The maximum absolute atomic E-state index is 12.0. The van der Waals surface area contributed by atoms with Gasteiger partial charge in [0.2, 0.25) is 0 Å². The Morgan fingerprint density at radius 3 is 2.76 bits per heavy atom.